The van der Waals surface area contributed by atoms with Crippen LogP contribution >= 0.6 is 8.03 Å². The first-order valence-corrected chi connectivity index (χ1v) is 11.2. The van der Waals surface area contributed by atoms with Crippen LogP contribution in [0.25, 0.3) is 0 Å². The van der Waals surface area contributed by atoms with Crippen molar-refractivity contribution in [3.05, 3.63) is 65.7 Å². The van der Waals surface area contributed by atoms with Gasteiger partial charge in [-0.3, -0.25) is 9.36 Å². The fourth-order valence-corrected chi connectivity index (χ4v) is 4.09. The molecule has 0 aliphatic carbocycles. The van der Waals surface area contributed by atoms with Gasteiger partial charge >= 0.3 is 5.97 Å². The molecule has 0 saturated heterocycles. The first-order chi connectivity index (χ1) is 13.4. The van der Waals surface area contributed by atoms with E-state index in [0.29, 0.717) is 31.1 Å². The second-order valence-electron chi connectivity index (χ2n) is 7.34. The fraction of sp³-hybridized carbons (Fsp3) is 0.409. The van der Waals surface area contributed by atoms with E-state index in [1.807, 2.05) is 68.4 Å². The molecular weight excluding hydrogens is 373 g/mol. The Hall–Kier alpha value is -2.10. The van der Waals surface area contributed by atoms with Gasteiger partial charge in [-0.2, -0.15) is 0 Å². The van der Waals surface area contributed by atoms with Crippen LogP contribution in [0.2, 0.25) is 0 Å². The minimum Gasteiger partial charge on any atom is -0.461 e. The third-order valence-corrected chi connectivity index (χ3v) is 5.71. The average Bonchev–Trinajstić information content (AvgIpc) is 2.67. The van der Waals surface area contributed by atoms with Gasteiger partial charge in [0.15, 0.2) is 8.03 Å². The highest BCUT2D eigenvalue weighted by atomic mass is 31.1. The van der Waals surface area contributed by atoms with Gasteiger partial charge in [-0.15, -0.1) is 0 Å². The molecule has 0 aliphatic rings. The number of ether oxygens (including phenoxy) is 1. The normalized spacial score (nSPS) is 13.2. The SMILES string of the molecule is CC(C)CC(C[PH](=O)OCCc1ccc(N)cc1)C(=O)OCc1ccccc1. The summed E-state index contributed by atoms with van der Waals surface area (Å²) in [5, 5.41) is 0. The van der Waals surface area contributed by atoms with Crippen LogP contribution in [0.1, 0.15) is 31.4 Å². The molecule has 2 N–H and O–H groups in total. The lowest BCUT2D eigenvalue weighted by atomic mass is 9.99. The molecule has 28 heavy (non-hydrogen) atoms. The third-order valence-electron chi connectivity index (χ3n) is 4.36. The average molecular weight is 403 g/mol. The van der Waals surface area contributed by atoms with E-state index in [1.54, 1.807) is 0 Å². The molecule has 0 aromatic heterocycles. The van der Waals surface area contributed by atoms with Gasteiger partial charge in [0.25, 0.3) is 0 Å². The summed E-state index contributed by atoms with van der Waals surface area (Å²) >= 11 is 0. The second-order valence-corrected chi connectivity index (χ2v) is 8.78. The molecular formula is C22H30NO4P. The van der Waals surface area contributed by atoms with E-state index in [-0.39, 0.29) is 18.7 Å². The topological polar surface area (TPSA) is 78.6 Å². The highest BCUT2D eigenvalue weighted by molar-refractivity contribution is 7.39. The zero-order valence-corrected chi connectivity index (χ0v) is 17.6. The van der Waals surface area contributed by atoms with Gasteiger partial charge in [0.2, 0.25) is 0 Å². The number of nitrogen functional groups attached to an aromatic ring is 1. The summed E-state index contributed by atoms with van der Waals surface area (Å²) in [7, 11) is -2.31. The lowest BCUT2D eigenvalue weighted by Gasteiger charge is -2.18. The van der Waals surface area contributed by atoms with Crippen LogP contribution in [-0.2, 0) is 31.6 Å². The minimum atomic E-state index is -2.31. The molecule has 5 nitrogen and oxygen atoms in total. The highest BCUT2D eigenvalue weighted by Crippen LogP contribution is 2.30. The van der Waals surface area contributed by atoms with Crippen LogP contribution < -0.4 is 5.73 Å². The Kier molecular flexibility index (Phi) is 9.26. The van der Waals surface area contributed by atoms with Crippen LogP contribution in [0.15, 0.2) is 54.6 Å². The number of esters is 1. The maximum absolute atomic E-state index is 12.5. The number of hydrogen-bond acceptors (Lipinski definition) is 5. The molecule has 2 unspecified atom stereocenters. The van der Waals surface area contributed by atoms with Crippen molar-refractivity contribution in [2.75, 3.05) is 18.5 Å². The van der Waals surface area contributed by atoms with Gasteiger partial charge in [-0.05, 0) is 42.0 Å². The Morgan fingerprint density at radius 2 is 1.71 bits per heavy atom. The van der Waals surface area contributed by atoms with E-state index in [0.717, 1.165) is 11.1 Å². The van der Waals surface area contributed by atoms with E-state index >= 15 is 0 Å². The molecule has 2 atom stereocenters. The number of rotatable bonds is 11. The Labute approximate surface area is 168 Å². The monoisotopic (exact) mass is 403 g/mol. The summed E-state index contributed by atoms with van der Waals surface area (Å²) < 4.78 is 23.3. The highest BCUT2D eigenvalue weighted by Gasteiger charge is 2.24. The maximum Gasteiger partial charge on any atom is 0.309 e. The van der Waals surface area contributed by atoms with Crippen molar-refractivity contribution in [2.24, 2.45) is 11.8 Å². The molecule has 0 amide bonds. The summed E-state index contributed by atoms with van der Waals surface area (Å²) in [6.45, 7) is 4.66. The molecule has 152 valence electrons. The molecule has 0 aliphatic heterocycles. The van der Waals surface area contributed by atoms with Gasteiger partial charge in [0.05, 0.1) is 12.5 Å². The Morgan fingerprint density at radius 3 is 2.36 bits per heavy atom. The Morgan fingerprint density at radius 1 is 1.04 bits per heavy atom. The number of hydrogen-bond donors (Lipinski definition) is 1. The minimum absolute atomic E-state index is 0.220. The van der Waals surface area contributed by atoms with Gasteiger partial charge in [0.1, 0.15) is 6.61 Å². The maximum atomic E-state index is 12.5. The zero-order chi connectivity index (χ0) is 20.4. The molecule has 0 heterocycles. The number of carbonyl (C=O) groups is 1. The largest absolute Gasteiger partial charge is 0.461 e. The van der Waals surface area contributed by atoms with Crippen LogP contribution in [0.5, 0.6) is 0 Å². The van der Waals surface area contributed by atoms with Crippen LogP contribution in [-0.4, -0.2) is 18.7 Å². The van der Waals surface area contributed by atoms with E-state index in [4.69, 9.17) is 15.0 Å². The van der Waals surface area contributed by atoms with Crippen LogP contribution in [0.3, 0.4) is 0 Å². The third kappa shape index (κ3) is 8.28. The number of benzene rings is 2. The fourth-order valence-electron chi connectivity index (χ4n) is 2.91. The summed E-state index contributed by atoms with van der Waals surface area (Å²) in [6.07, 6.45) is 1.51. The van der Waals surface area contributed by atoms with Crippen molar-refractivity contribution >= 4 is 19.7 Å². The van der Waals surface area contributed by atoms with Crippen molar-refractivity contribution in [3.8, 4) is 0 Å². The Bertz CT molecular complexity index is 747. The summed E-state index contributed by atoms with van der Waals surface area (Å²) in [5.41, 5.74) is 8.39. The number of anilines is 1. The van der Waals surface area contributed by atoms with Crippen molar-refractivity contribution in [1.29, 1.82) is 0 Å². The molecule has 2 aromatic rings. The molecule has 0 spiro atoms. The first-order valence-electron chi connectivity index (χ1n) is 9.64. The van der Waals surface area contributed by atoms with E-state index in [1.165, 1.54) is 0 Å². The van der Waals surface area contributed by atoms with Crippen LogP contribution in [0, 0.1) is 11.8 Å². The number of carbonyl (C=O) groups excluding carboxylic acids is 1. The second kappa shape index (κ2) is 11.7. The summed E-state index contributed by atoms with van der Waals surface area (Å²) in [5.74, 6) is -0.413. The Balaban J connectivity index is 1.81. The smallest absolute Gasteiger partial charge is 0.309 e. The summed E-state index contributed by atoms with van der Waals surface area (Å²) in [4.78, 5) is 12.5. The predicted molar refractivity (Wildman–Crippen MR) is 114 cm³/mol. The first kappa shape index (κ1) is 22.2. The van der Waals surface area contributed by atoms with Gasteiger partial charge in [-0.1, -0.05) is 56.3 Å². The quantitative estimate of drug-likeness (QED) is 0.334. The molecule has 0 radical (unpaired) electrons. The van der Waals surface area contributed by atoms with E-state index in [9.17, 15) is 9.36 Å². The van der Waals surface area contributed by atoms with Gasteiger partial charge < -0.3 is 15.0 Å². The molecule has 2 rings (SSSR count). The summed E-state index contributed by atoms with van der Waals surface area (Å²) in [6, 6.07) is 17.1. The van der Waals surface area contributed by atoms with Crippen molar-refractivity contribution < 1.29 is 18.6 Å². The molecule has 2 aromatic carbocycles. The van der Waals surface area contributed by atoms with Gasteiger partial charge in [-0.25, -0.2) is 0 Å². The standard InChI is InChI=1S/C22H30NO4P/c1-17(2)14-20(22(24)26-15-19-6-4-3-5-7-19)16-28(25)27-13-12-18-8-10-21(23)11-9-18/h3-11,17,20,28H,12-16,23H2,1-2H3. The lowest BCUT2D eigenvalue weighted by Crippen LogP contribution is -2.22. The zero-order valence-electron chi connectivity index (χ0n) is 16.6. The van der Waals surface area contributed by atoms with Crippen molar-refractivity contribution in [1.82, 2.24) is 0 Å². The van der Waals surface area contributed by atoms with E-state index < -0.39 is 13.9 Å². The molecule has 0 fully saturated rings. The van der Waals surface area contributed by atoms with E-state index in [2.05, 4.69) is 0 Å². The molecule has 6 heteroatoms. The van der Waals surface area contributed by atoms with Gasteiger partial charge in [0, 0.05) is 11.8 Å². The number of nitrogens with two attached hydrogens (primary N) is 1. The molecule has 0 saturated carbocycles. The molecule has 0 bridgehead atoms. The van der Waals surface area contributed by atoms with Crippen molar-refractivity contribution in [2.45, 2.75) is 33.3 Å². The van der Waals surface area contributed by atoms with Crippen molar-refractivity contribution in [3.63, 3.8) is 0 Å². The lowest BCUT2D eigenvalue weighted by molar-refractivity contribution is -0.149. The van der Waals surface area contributed by atoms with Crippen LogP contribution in [0.4, 0.5) is 5.69 Å². The predicted octanol–water partition coefficient (Wildman–Crippen LogP) is 4.71.